The van der Waals surface area contributed by atoms with Crippen LogP contribution in [0, 0.1) is 4.77 Å². The minimum absolute atomic E-state index is 0.601. The average Bonchev–Trinajstić information content (AvgIpc) is 3.12. The minimum Gasteiger partial charge on any atom is -0.379 e. The fraction of sp³-hybridized carbons (Fsp3) is 0.348. The van der Waals surface area contributed by atoms with Crippen molar-refractivity contribution in [1.29, 1.82) is 0 Å². The molecule has 0 amide bonds. The number of aromatic nitrogens is 3. The van der Waals surface area contributed by atoms with E-state index in [1.807, 2.05) is 10.9 Å². The van der Waals surface area contributed by atoms with Gasteiger partial charge in [-0.2, -0.15) is 14.9 Å². The summed E-state index contributed by atoms with van der Waals surface area (Å²) in [6, 6.07) is 16.9. The first-order valence-electron chi connectivity index (χ1n) is 10.5. The van der Waals surface area contributed by atoms with Gasteiger partial charge in [-0.3, -0.25) is 4.90 Å². The van der Waals surface area contributed by atoms with Crippen LogP contribution in [0.4, 0.5) is 0 Å². The Morgan fingerprint density at radius 3 is 2.25 bits per heavy atom. The van der Waals surface area contributed by atoms with Gasteiger partial charge in [0, 0.05) is 29.3 Å². The highest BCUT2D eigenvalue weighted by molar-refractivity contribution is 7.98. The summed E-state index contributed by atoms with van der Waals surface area (Å²) in [5.41, 5.74) is 2.21. The zero-order valence-electron chi connectivity index (χ0n) is 18.3. The van der Waals surface area contributed by atoms with Crippen LogP contribution in [0.15, 0.2) is 63.4 Å². The maximum Gasteiger partial charge on any atom is 0.220 e. The van der Waals surface area contributed by atoms with Crippen LogP contribution in [0.1, 0.15) is 17.0 Å². The van der Waals surface area contributed by atoms with Crippen molar-refractivity contribution in [3.8, 4) is 0 Å². The first-order valence-corrected chi connectivity index (χ1v) is 13.3. The third-order valence-corrected chi connectivity index (χ3v) is 7.15. The van der Waals surface area contributed by atoms with E-state index in [0.29, 0.717) is 17.9 Å². The molecule has 2 aromatic carbocycles. The molecule has 3 aromatic rings. The molecular formula is C23H27N5OS3. The molecule has 0 radical (unpaired) electrons. The number of ether oxygens (including phenoxy) is 1. The molecule has 1 fully saturated rings. The molecule has 6 nitrogen and oxygen atoms in total. The summed E-state index contributed by atoms with van der Waals surface area (Å²) in [6.07, 6.45) is 6.67. The molecule has 32 heavy (non-hydrogen) atoms. The smallest absolute Gasteiger partial charge is 0.220 e. The predicted octanol–water partition coefficient (Wildman–Crippen LogP) is 4.62. The lowest BCUT2D eigenvalue weighted by molar-refractivity contribution is 0.0209. The monoisotopic (exact) mass is 485 g/mol. The second-order valence-electron chi connectivity index (χ2n) is 7.42. The van der Waals surface area contributed by atoms with Crippen molar-refractivity contribution >= 4 is 42.0 Å². The van der Waals surface area contributed by atoms with Gasteiger partial charge in [-0.25, -0.2) is 4.68 Å². The van der Waals surface area contributed by atoms with Crippen molar-refractivity contribution < 1.29 is 4.74 Å². The highest BCUT2D eigenvalue weighted by atomic mass is 32.2. The van der Waals surface area contributed by atoms with E-state index < -0.39 is 0 Å². The van der Waals surface area contributed by atoms with E-state index in [1.165, 1.54) is 15.4 Å². The third-order valence-electron chi connectivity index (χ3n) is 5.28. The van der Waals surface area contributed by atoms with E-state index in [-0.39, 0.29) is 0 Å². The van der Waals surface area contributed by atoms with Crippen LogP contribution in [-0.2, 0) is 17.8 Å². The molecular weight excluding hydrogens is 458 g/mol. The van der Waals surface area contributed by atoms with Gasteiger partial charge in [-0.1, -0.05) is 24.3 Å². The molecule has 0 aliphatic carbocycles. The highest BCUT2D eigenvalue weighted by Gasteiger charge is 2.16. The van der Waals surface area contributed by atoms with Gasteiger partial charge in [0.25, 0.3) is 0 Å². The second-order valence-corrected chi connectivity index (χ2v) is 9.55. The molecule has 0 saturated carbocycles. The number of hydrogen-bond donors (Lipinski definition) is 0. The number of benzene rings is 2. The van der Waals surface area contributed by atoms with E-state index in [0.717, 1.165) is 37.7 Å². The fourth-order valence-corrected chi connectivity index (χ4v) is 4.50. The molecule has 168 valence electrons. The topological polar surface area (TPSA) is 47.6 Å². The molecule has 0 atom stereocenters. The lowest BCUT2D eigenvalue weighted by Gasteiger charge is -2.25. The lowest BCUT2D eigenvalue weighted by Crippen LogP contribution is -2.37. The zero-order chi connectivity index (χ0) is 22.3. The Bertz CT molecular complexity index is 1100. The average molecular weight is 486 g/mol. The van der Waals surface area contributed by atoms with Gasteiger partial charge < -0.3 is 4.74 Å². The van der Waals surface area contributed by atoms with Crippen LogP contribution in [0.2, 0.25) is 0 Å². The summed E-state index contributed by atoms with van der Waals surface area (Å²) in [5, 5.41) is 9.58. The SMILES string of the molecule is CSc1ccc(/C=N/n2c(Cc3ccc(SC)cc3)nn(CN3CCOCC3)c2=S)cc1. The first kappa shape index (κ1) is 23.3. The van der Waals surface area contributed by atoms with Crippen LogP contribution >= 0.6 is 35.7 Å². The molecule has 0 spiro atoms. The highest BCUT2D eigenvalue weighted by Crippen LogP contribution is 2.18. The molecule has 1 aliphatic heterocycles. The Morgan fingerprint density at radius 1 is 1.00 bits per heavy atom. The molecule has 4 rings (SSSR count). The molecule has 0 unspecified atom stereocenters. The zero-order valence-corrected chi connectivity index (χ0v) is 20.8. The summed E-state index contributed by atoms with van der Waals surface area (Å²) in [4.78, 5) is 4.78. The summed E-state index contributed by atoms with van der Waals surface area (Å²) < 4.78 is 9.74. The summed E-state index contributed by atoms with van der Waals surface area (Å²) in [5.74, 6) is 0.831. The number of nitrogens with zero attached hydrogens (tertiary/aromatic N) is 5. The van der Waals surface area contributed by atoms with Crippen molar-refractivity contribution in [2.75, 3.05) is 38.8 Å². The largest absolute Gasteiger partial charge is 0.379 e. The Kier molecular flexibility index (Phi) is 8.20. The van der Waals surface area contributed by atoms with Crippen molar-refractivity contribution in [3.63, 3.8) is 0 Å². The van der Waals surface area contributed by atoms with E-state index in [9.17, 15) is 0 Å². The van der Waals surface area contributed by atoms with E-state index >= 15 is 0 Å². The van der Waals surface area contributed by atoms with Gasteiger partial charge in [0.2, 0.25) is 4.77 Å². The summed E-state index contributed by atoms with van der Waals surface area (Å²) in [7, 11) is 0. The predicted molar refractivity (Wildman–Crippen MR) is 136 cm³/mol. The first-order chi connectivity index (χ1) is 15.7. The van der Waals surface area contributed by atoms with Gasteiger partial charge in [0.05, 0.1) is 26.1 Å². The number of hydrogen-bond acceptors (Lipinski definition) is 7. The van der Waals surface area contributed by atoms with Crippen LogP contribution < -0.4 is 0 Å². The third kappa shape index (κ3) is 5.90. The fourth-order valence-electron chi connectivity index (χ4n) is 3.43. The van der Waals surface area contributed by atoms with Crippen LogP contribution in [0.5, 0.6) is 0 Å². The maximum absolute atomic E-state index is 5.78. The van der Waals surface area contributed by atoms with Crippen LogP contribution in [0.3, 0.4) is 0 Å². The molecule has 2 heterocycles. The van der Waals surface area contributed by atoms with Crippen molar-refractivity contribution in [1.82, 2.24) is 19.4 Å². The Morgan fingerprint density at radius 2 is 1.62 bits per heavy atom. The van der Waals surface area contributed by atoms with Crippen LogP contribution in [0.25, 0.3) is 0 Å². The Labute approximate surface area is 202 Å². The summed E-state index contributed by atoms with van der Waals surface area (Å²) >= 11 is 9.24. The number of thioether (sulfide) groups is 2. The summed E-state index contributed by atoms with van der Waals surface area (Å²) in [6.45, 7) is 3.89. The molecule has 1 aromatic heterocycles. The molecule has 0 bridgehead atoms. The van der Waals surface area contributed by atoms with Crippen molar-refractivity contribution in [3.05, 3.63) is 70.3 Å². The van der Waals surface area contributed by atoms with Gasteiger partial charge in [-0.05, 0) is 60.1 Å². The molecule has 9 heteroatoms. The second kappa shape index (κ2) is 11.3. The maximum atomic E-state index is 5.78. The van der Waals surface area contributed by atoms with Crippen molar-refractivity contribution in [2.24, 2.45) is 5.10 Å². The van der Waals surface area contributed by atoms with Crippen molar-refractivity contribution in [2.45, 2.75) is 22.9 Å². The van der Waals surface area contributed by atoms with Gasteiger partial charge in [-0.15, -0.1) is 23.5 Å². The van der Waals surface area contributed by atoms with Gasteiger partial charge >= 0.3 is 0 Å². The van der Waals surface area contributed by atoms with E-state index in [4.69, 9.17) is 27.2 Å². The lowest BCUT2D eigenvalue weighted by atomic mass is 10.1. The standard InChI is InChI=1S/C23H27N5OS3/c1-31-20-7-3-18(4-8-20)15-22-25-27(17-26-11-13-29-14-12-26)23(30)28(22)24-16-19-5-9-21(32-2)10-6-19/h3-10,16H,11-15,17H2,1-2H3/b24-16+. The molecule has 0 N–H and O–H groups in total. The minimum atomic E-state index is 0.601. The van der Waals surface area contributed by atoms with Crippen LogP contribution in [-0.4, -0.2) is 64.4 Å². The van der Waals surface area contributed by atoms with Gasteiger partial charge in [0.15, 0.2) is 5.82 Å². The normalized spacial score (nSPS) is 14.9. The van der Waals surface area contributed by atoms with E-state index in [1.54, 1.807) is 28.2 Å². The van der Waals surface area contributed by atoms with E-state index in [2.05, 4.69) is 65.9 Å². The Hall–Kier alpha value is -1.91. The Balaban J connectivity index is 1.62. The molecule has 1 aliphatic rings. The quantitative estimate of drug-likeness (QED) is 0.264. The molecule has 1 saturated heterocycles. The number of rotatable bonds is 8. The number of morpholine rings is 1. The van der Waals surface area contributed by atoms with Gasteiger partial charge in [0.1, 0.15) is 0 Å².